The summed E-state index contributed by atoms with van der Waals surface area (Å²) in [6.45, 7) is 0. The lowest BCUT2D eigenvalue weighted by molar-refractivity contribution is -0.185. The van der Waals surface area contributed by atoms with Crippen molar-refractivity contribution in [2.45, 2.75) is 42.4 Å². The molecule has 2 aromatic rings. The van der Waals surface area contributed by atoms with Gasteiger partial charge in [-0.15, -0.1) is 11.3 Å². The Kier molecular flexibility index (Phi) is 7.04. The van der Waals surface area contributed by atoms with Gasteiger partial charge in [0.05, 0.1) is 16.6 Å². The summed E-state index contributed by atoms with van der Waals surface area (Å²) in [7, 11) is -0.766. The molecule has 0 saturated heterocycles. The summed E-state index contributed by atoms with van der Waals surface area (Å²) >= 11 is 7.21. The Labute approximate surface area is 186 Å². The molecule has 31 heavy (non-hydrogen) atoms. The molecule has 2 N–H and O–H groups in total. The highest BCUT2D eigenvalue weighted by Crippen LogP contribution is 2.40. The van der Waals surface area contributed by atoms with Gasteiger partial charge in [0.25, 0.3) is 10.0 Å². The van der Waals surface area contributed by atoms with Crippen molar-refractivity contribution in [2.75, 3.05) is 24.1 Å². The highest BCUT2D eigenvalue weighted by atomic mass is 35.5. The van der Waals surface area contributed by atoms with Crippen LogP contribution in [0.25, 0.3) is 0 Å². The Bertz CT molecular complexity index is 1020. The second-order valence-corrected chi connectivity index (χ2v) is 10.5. The van der Waals surface area contributed by atoms with Gasteiger partial charge in [-0.1, -0.05) is 11.6 Å². The summed E-state index contributed by atoms with van der Waals surface area (Å²) in [4.78, 5) is 4.92. The molecule has 6 nitrogen and oxygen atoms in total. The molecule has 1 heterocycles. The number of alkyl halides is 3. The number of benzene rings is 1. The minimum absolute atomic E-state index is 0.00618. The molecular formula is C18H21ClF4N4O2S2. The molecule has 0 bridgehead atoms. The van der Waals surface area contributed by atoms with Gasteiger partial charge < -0.3 is 10.2 Å². The van der Waals surface area contributed by atoms with Crippen LogP contribution in [0.1, 0.15) is 19.3 Å². The van der Waals surface area contributed by atoms with E-state index in [1.807, 2.05) is 4.90 Å². The molecule has 0 amide bonds. The van der Waals surface area contributed by atoms with Crippen LogP contribution in [0, 0.1) is 11.7 Å². The van der Waals surface area contributed by atoms with Gasteiger partial charge in [0.1, 0.15) is 10.7 Å². The molecule has 3 rings (SSSR count). The molecule has 1 aromatic heterocycles. The molecule has 1 aliphatic carbocycles. The van der Waals surface area contributed by atoms with Crippen LogP contribution in [0.2, 0.25) is 5.02 Å². The molecule has 1 fully saturated rings. The average Bonchev–Trinajstić information content (AvgIpc) is 3.15. The predicted octanol–water partition coefficient (Wildman–Crippen LogP) is 4.81. The first-order valence-electron chi connectivity index (χ1n) is 9.29. The second kappa shape index (κ2) is 9.08. The number of likely N-dealkylation sites (N-methyl/N-ethyl adjacent to an activating group) is 1. The average molecular weight is 501 g/mol. The zero-order chi connectivity index (χ0) is 23.0. The molecule has 172 valence electrons. The predicted molar refractivity (Wildman–Crippen MR) is 113 cm³/mol. The van der Waals surface area contributed by atoms with Crippen molar-refractivity contribution >= 4 is 43.8 Å². The monoisotopic (exact) mass is 500 g/mol. The number of hydrogen-bond donors (Lipinski definition) is 2. The summed E-state index contributed by atoms with van der Waals surface area (Å²) in [5.74, 6) is -2.56. The summed E-state index contributed by atoms with van der Waals surface area (Å²) in [6, 6.07) is 0.947. The quantitative estimate of drug-likeness (QED) is 0.557. The molecule has 13 heteroatoms. The van der Waals surface area contributed by atoms with E-state index in [1.165, 1.54) is 6.20 Å². The molecule has 1 aliphatic rings. The number of aromatic nitrogens is 1. The third-order valence-corrected chi connectivity index (χ3v) is 7.73. The van der Waals surface area contributed by atoms with Crippen LogP contribution < -0.4 is 10.0 Å². The fraction of sp³-hybridized carbons (Fsp3) is 0.500. The number of thiazole rings is 1. The van der Waals surface area contributed by atoms with Crippen molar-refractivity contribution in [3.63, 3.8) is 0 Å². The van der Waals surface area contributed by atoms with Gasteiger partial charge in [0.2, 0.25) is 0 Å². The molecule has 1 saturated carbocycles. The highest BCUT2D eigenvalue weighted by molar-refractivity contribution is 7.93. The number of halogens is 5. The zero-order valence-electron chi connectivity index (χ0n) is 16.6. The molecule has 0 radical (unpaired) electrons. The van der Waals surface area contributed by atoms with E-state index in [9.17, 15) is 26.0 Å². The van der Waals surface area contributed by atoms with Gasteiger partial charge in [-0.25, -0.2) is 17.8 Å². The minimum atomic E-state index is -4.33. The van der Waals surface area contributed by atoms with Gasteiger partial charge in [0.15, 0.2) is 5.13 Å². The van der Waals surface area contributed by atoms with Crippen LogP contribution in [0.4, 0.5) is 28.4 Å². The fourth-order valence-corrected chi connectivity index (χ4v) is 5.87. The lowest BCUT2D eigenvalue weighted by Crippen LogP contribution is -2.49. The van der Waals surface area contributed by atoms with Gasteiger partial charge in [0, 0.05) is 23.7 Å². The van der Waals surface area contributed by atoms with Crippen LogP contribution in [0.3, 0.4) is 0 Å². The van der Waals surface area contributed by atoms with E-state index in [4.69, 9.17) is 11.6 Å². The Balaban J connectivity index is 1.86. The maximum absolute atomic E-state index is 14.7. The van der Waals surface area contributed by atoms with Gasteiger partial charge in [-0.05, 0) is 45.5 Å². The Morgan fingerprint density at radius 3 is 2.55 bits per heavy atom. The number of rotatable bonds is 6. The number of anilines is 2. The molecule has 0 aliphatic heterocycles. The van der Waals surface area contributed by atoms with Gasteiger partial charge in [-0.2, -0.15) is 13.2 Å². The first kappa shape index (κ1) is 24.0. The van der Waals surface area contributed by atoms with Crippen molar-refractivity contribution < 1.29 is 26.0 Å². The first-order chi connectivity index (χ1) is 14.4. The maximum atomic E-state index is 14.7. The largest absolute Gasteiger partial charge is 0.391 e. The van der Waals surface area contributed by atoms with Crippen LogP contribution in [-0.2, 0) is 10.0 Å². The molecule has 1 aromatic carbocycles. The number of nitrogens with one attached hydrogen (secondary N) is 2. The van der Waals surface area contributed by atoms with Crippen LogP contribution in [0.5, 0.6) is 0 Å². The van der Waals surface area contributed by atoms with Crippen molar-refractivity contribution in [1.29, 1.82) is 0 Å². The van der Waals surface area contributed by atoms with Crippen LogP contribution in [-0.4, -0.2) is 50.7 Å². The number of sulfonamides is 1. The Morgan fingerprint density at radius 1 is 1.26 bits per heavy atom. The molecule has 0 unspecified atom stereocenters. The molecule has 3 atom stereocenters. The van der Waals surface area contributed by atoms with Crippen LogP contribution in [0.15, 0.2) is 28.6 Å². The van der Waals surface area contributed by atoms with Crippen LogP contribution >= 0.6 is 22.9 Å². The highest BCUT2D eigenvalue weighted by Gasteiger charge is 2.45. The number of hydrogen-bond acceptors (Lipinski definition) is 6. The number of nitrogens with zero attached hydrogens (tertiary/aromatic N) is 2. The van der Waals surface area contributed by atoms with E-state index in [-0.39, 0.29) is 34.7 Å². The normalized spacial score (nSPS) is 22.5. The summed E-state index contributed by atoms with van der Waals surface area (Å²) < 4.78 is 81.6. The van der Waals surface area contributed by atoms with Crippen molar-refractivity contribution in [2.24, 2.45) is 5.92 Å². The maximum Gasteiger partial charge on any atom is 0.391 e. The lowest BCUT2D eigenvalue weighted by Gasteiger charge is -2.41. The second-order valence-electron chi connectivity index (χ2n) is 7.54. The SMILES string of the molecule is CN(C)[C@@H]1CC[C@@H](C(F)(F)F)C[C@H]1Nc1cc(F)c(S(=O)(=O)Nc2nccs2)cc1Cl. The topological polar surface area (TPSA) is 74.3 Å². The van der Waals surface area contributed by atoms with Crippen molar-refractivity contribution in [3.8, 4) is 0 Å². The van der Waals surface area contributed by atoms with E-state index in [0.717, 1.165) is 23.5 Å². The minimum Gasteiger partial charge on any atom is -0.379 e. The summed E-state index contributed by atoms with van der Waals surface area (Å²) in [5, 5.41) is 4.40. The van der Waals surface area contributed by atoms with Gasteiger partial charge >= 0.3 is 6.18 Å². The summed E-state index contributed by atoms with van der Waals surface area (Å²) in [5.41, 5.74) is 0.0343. The smallest absolute Gasteiger partial charge is 0.379 e. The van der Waals surface area contributed by atoms with E-state index in [2.05, 4.69) is 15.0 Å². The molecule has 0 spiro atoms. The summed E-state index contributed by atoms with van der Waals surface area (Å²) in [6.07, 6.45) is -2.83. The lowest BCUT2D eigenvalue weighted by atomic mass is 9.81. The van der Waals surface area contributed by atoms with E-state index >= 15 is 0 Å². The van der Waals surface area contributed by atoms with Crippen molar-refractivity contribution in [1.82, 2.24) is 9.88 Å². The molecular weight excluding hydrogens is 480 g/mol. The zero-order valence-corrected chi connectivity index (χ0v) is 19.0. The van der Waals surface area contributed by atoms with E-state index in [0.29, 0.717) is 6.42 Å². The Hall–Kier alpha value is -1.63. The van der Waals surface area contributed by atoms with Crippen molar-refractivity contribution in [3.05, 3.63) is 34.5 Å². The van der Waals surface area contributed by atoms with E-state index < -0.39 is 38.9 Å². The van der Waals surface area contributed by atoms with Gasteiger partial charge in [-0.3, -0.25) is 4.72 Å². The Morgan fingerprint density at radius 2 is 1.97 bits per heavy atom. The third kappa shape index (κ3) is 5.60. The van der Waals surface area contributed by atoms with E-state index in [1.54, 1.807) is 19.5 Å². The fourth-order valence-electron chi connectivity index (χ4n) is 3.71. The third-order valence-electron chi connectivity index (χ3n) is 5.25. The standard InChI is InChI=1S/C18H21ClF4N4O2S2/c1-27(2)15-4-3-10(18(21,22)23)7-14(15)25-13-9-12(20)16(8-11(13)19)31(28,29)26-17-24-5-6-30-17/h5-6,8-10,14-15,25H,3-4,7H2,1-2H3,(H,24,26)/t10-,14-,15-/m1/s1. The first-order valence-corrected chi connectivity index (χ1v) is 12.0.